The fraction of sp³-hybridized carbons (Fsp3) is 0.282. The molecule has 0 radical (unpaired) electrons. The summed E-state index contributed by atoms with van der Waals surface area (Å²) in [6, 6.07) is 16.8. The summed E-state index contributed by atoms with van der Waals surface area (Å²) < 4.78 is 8.05. The van der Waals surface area contributed by atoms with Crippen LogP contribution in [0.1, 0.15) is 63.9 Å². The number of aryl methyl sites for hydroxylation is 4. The second-order valence-electron chi connectivity index (χ2n) is 12.5. The van der Waals surface area contributed by atoms with Crippen LogP contribution in [-0.4, -0.2) is 51.4 Å². The molecule has 2 heterocycles. The van der Waals surface area contributed by atoms with Gasteiger partial charge in [-0.2, -0.15) is 5.10 Å². The molecule has 0 bridgehead atoms. The van der Waals surface area contributed by atoms with Gasteiger partial charge in [-0.15, -0.1) is 0 Å². The topological polar surface area (TPSA) is 118 Å². The van der Waals surface area contributed by atoms with E-state index in [0.717, 1.165) is 72.2 Å². The second kappa shape index (κ2) is 15.8. The van der Waals surface area contributed by atoms with Gasteiger partial charge in [0, 0.05) is 52.4 Å². The maximum Gasteiger partial charge on any atom is 0.354 e. The SMILES string of the molecule is Cc1cc(OCCC/C(=C\c2ccc3nc(C(=O)O)ccc3c2)c2ccc(Cl)c(-c3c(C)nn(C)c3C)c2N[C@H](C)CNC=O)cc(C)c1Cl. The quantitative estimate of drug-likeness (QED) is 0.0598. The molecule has 0 spiro atoms. The monoisotopic (exact) mass is 713 g/mol. The van der Waals surface area contributed by atoms with E-state index in [1.54, 1.807) is 6.07 Å². The van der Waals surface area contributed by atoms with Crippen LogP contribution >= 0.6 is 23.2 Å². The van der Waals surface area contributed by atoms with Crippen LogP contribution in [0.15, 0.2) is 54.6 Å². The molecule has 0 fully saturated rings. The molecular formula is C39H41Cl2N5O4. The number of carbonyl (C=O) groups excluding carboxylic acids is 1. The van der Waals surface area contributed by atoms with Crippen LogP contribution in [0.4, 0.5) is 5.69 Å². The highest BCUT2D eigenvalue weighted by Crippen LogP contribution is 2.44. The van der Waals surface area contributed by atoms with Crippen molar-refractivity contribution < 1.29 is 19.4 Å². The van der Waals surface area contributed by atoms with E-state index in [-0.39, 0.29) is 11.7 Å². The van der Waals surface area contributed by atoms with Crippen molar-refractivity contribution >= 4 is 63.8 Å². The summed E-state index contributed by atoms with van der Waals surface area (Å²) in [5.74, 6) is -0.299. The third-order valence-corrected chi connectivity index (χ3v) is 9.61. The number of hydrogen-bond donors (Lipinski definition) is 3. The van der Waals surface area contributed by atoms with Gasteiger partial charge in [-0.1, -0.05) is 47.5 Å². The summed E-state index contributed by atoms with van der Waals surface area (Å²) in [6.45, 7) is 10.8. The van der Waals surface area contributed by atoms with Gasteiger partial charge in [-0.05, 0) is 106 Å². The van der Waals surface area contributed by atoms with E-state index in [4.69, 9.17) is 27.9 Å². The number of fused-ring (bicyclic) bond motifs is 1. The molecule has 0 unspecified atom stereocenters. The van der Waals surface area contributed by atoms with Crippen molar-refractivity contribution in [3.05, 3.63) is 104 Å². The number of pyridine rings is 1. The molecule has 0 aliphatic carbocycles. The van der Waals surface area contributed by atoms with Crippen LogP contribution in [-0.2, 0) is 11.8 Å². The molecule has 0 saturated heterocycles. The molecule has 11 heteroatoms. The zero-order chi connectivity index (χ0) is 36.1. The molecule has 0 saturated carbocycles. The number of hydrogen-bond acceptors (Lipinski definition) is 6. The Balaban J connectivity index is 1.62. The van der Waals surface area contributed by atoms with Crippen molar-refractivity contribution in [2.75, 3.05) is 18.5 Å². The molecule has 3 aromatic carbocycles. The number of carboxylic acid groups (broad SMARTS) is 1. The van der Waals surface area contributed by atoms with Crippen LogP contribution in [0.25, 0.3) is 33.7 Å². The van der Waals surface area contributed by atoms with E-state index >= 15 is 0 Å². The number of aromatic nitrogens is 3. The van der Waals surface area contributed by atoms with E-state index in [2.05, 4.69) is 26.8 Å². The predicted octanol–water partition coefficient (Wildman–Crippen LogP) is 8.82. The van der Waals surface area contributed by atoms with Gasteiger partial charge in [0.05, 0.1) is 28.5 Å². The van der Waals surface area contributed by atoms with Gasteiger partial charge in [-0.3, -0.25) is 9.48 Å². The van der Waals surface area contributed by atoms with Gasteiger partial charge in [0.2, 0.25) is 6.41 Å². The van der Waals surface area contributed by atoms with E-state index < -0.39 is 5.97 Å². The van der Waals surface area contributed by atoms with Crippen molar-refractivity contribution in [3.8, 4) is 16.9 Å². The minimum atomic E-state index is -1.07. The summed E-state index contributed by atoms with van der Waals surface area (Å²) in [7, 11) is 1.91. The second-order valence-corrected chi connectivity index (χ2v) is 13.3. The minimum Gasteiger partial charge on any atom is -0.494 e. The summed E-state index contributed by atoms with van der Waals surface area (Å²) in [5, 5.41) is 22.7. The number of benzene rings is 3. The fourth-order valence-electron chi connectivity index (χ4n) is 6.18. The van der Waals surface area contributed by atoms with Crippen LogP contribution in [0.2, 0.25) is 10.0 Å². The summed E-state index contributed by atoms with van der Waals surface area (Å²) in [5.41, 5.74) is 9.86. The van der Waals surface area contributed by atoms with Crippen molar-refractivity contribution in [2.24, 2.45) is 7.05 Å². The number of nitrogens with one attached hydrogen (secondary N) is 2. The highest BCUT2D eigenvalue weighted by atomic mass is 35.5. The Morgan fingerprint density at radius 2 is 1.76 bits per heavy atom. The molecule has 260 valence electrons. The number of carboxylic acids is 1. The lowest BCUT2D eigenvalue weighted by Crippen LogP contribution is -2.30. The molecule has 1 atom stereocenters. The van der Waals surface area contributed by atoms with Crippen molar-refractivity contribution in [1.29, 1.82) is 0 Å². The van der Waals surface area contributed by atoms with Crippen LogP contribution in [0.3, 0.4) is 0 Å². The zero-order valence-electron chi connectivity index (χ0n) is 29.0. The Kier molecular flexibility index (Phi) is 11.5. The van der Waals surface area contributed by atoms with Crippen molar-refractivity contribution in [3.63, 3.8) is 0 Å². The Morgan fingerprint density at radius 3 is 2.42 bits per heavy atom. The molecule has 0 aliphatic rings. The van der Waals surface area contributed by atoms with Crippen molar-refractivity contribution in [1.82, 2.24) is 20.1 Å². The average Bonchev–Trinajstić information content (AvgIpc) is 3.33. The Bertz CT molecular complexity index is 2080. The van der Waals surface area contributed by atoms with Gasteiger partial charge in [0.15, 0.2) is 0 Å². The number of ether oxygens (including phenoxy) is 1. The molecule has 0 aliphatic heterocycles. The fourth-order valence-corrected chi connectivity index (χ4v) is 6.54. The zero-order valence-corrected chi connectivity index (χ0v) is 30.5. The number of allylic oxidation sites excluding steroid dienone is 1. The maximum atomic E-state index is 11.5. The Hall–Kier alpha value is -4.86. The van der Waals surface area contributed by atoms with E-state index in [0.29, 0.717) is 42.9 Å². The molecule has 3 N–H and O–H groups in total. The number of nitrogens with zero attached hydrogens (tertiary/aromatic N) is 3. The van der Waals surface area contributed by atoms with E-state index in [1.807, 2.05) is 88.8 Å². The standard InChI is InChI=1S/C39H41Cl2N5O4/c1-22-16-30(17-23(2)37(22)41)50-15-7-8-28(18-27-9-13-33-29(19-27)10-14-34(44-33)39(48)49)31-11-12-32(40)36(35-25(4)45-46(6)26(35)5)38(31)43-24(3)20-42-21-47/h9-14,16-19,21,24,43H,7-8,15,20H2,1-6H3,(H,42,47)(H,48,49)/b28-18+/t24-/m1/s1. The average molecular weight is 715 g/mol. The van der Waals surface area contributed by atoms with Crippen LogP contribution in [0, 0.1) is 27.7 Å². The summed E-state index contributed by atoms with van der Waals surface area (Å²) >= 11 is 13.4. The number of aromatic carboxylic acids is 1. The van der Waals surface area contributed by atoms with Gasteiger partial charge >= 0.3 is 5.97 Å². The van der Waals surface area contributed by atoms with E-state index in [9.17, 15) is 14.7 Å². The number of rotatable bonds is 14. The molecule has 50 heavy (non-hydrogen) atoms. The first-order valence-corrected chi connectivity index (χ1v) is 17.1. The van der Waals surface area contributed by atoms with E-state index in [1.165, 1.54) is 6.07 Å². The Labute approximate surface area is 302 Å². The van der Waals surface area contributed by atoms with Crippen LogP contribution < -0.4 is 15.4 Å². The Morgan fingerprint density at radius 1 is 1.02 bits per heavy atom. The van der Waals surface area contributed by atoms with Gasteiger partial charge in [0.25, 0.3) is 0 Å². The third kappa shape index (κ3) is 8.12. The van der Waals surface area contributed by atoms with Gasteiger partial charge < -0.3 is 20.5 Å². The normalized spacial score (nSPS) is 12.2. The molecular weight excluding hydrogens is 673 g/mol. The minimum absolute atomic E-state index is 0.00357. The maximum absolute atomic E-state index is 11.5. The van der Waals surface area contributed by atoms with Gasteiger partial charge in [0.1, 0.15) is 11.4 Å². The first kappa shape index (κ1) is 36.4. The van der Waals surface area contributed by atoms with Crippen molar-refractivity contribution in [2.45, 2.75) is 53.5 Å². The number of carbonyl (C=O) groups is 2. The molecule has 5 aromatic rings. The van der Waals surface area contributed by atoms with Crippen LogP contribution in [0.5, 0.6) is 5.75 Å². The molecule has 1 amide bonds. The molecule has 2 aromatic heterocycles. The highest BCUT2D eigenvalue weighted by Gasteiger charge is 2.23. The summed E-state index contributed by atoms with van der Waals surface area (Å²) in [4.78, 5) is 27.0. The summed E-state index contributed by atoms with van der Waals surface area (Å²) in [6.07, 6.45) is 4.18. The van der Waals surface area contributed by atoms with Gasteiger partial charge in [-0.25, -0.2) is 9.78 Å². The largest absolute Gasteiger partial charge is 0.494 e. The lowest BCUT2D eigenvalue weighted by Gasteiger charge is -2.24. The third-order valence-electron chi connectivity index (χ3n) is 8.70. The predicted molar refractivity (Wildman–Crippen MR) is 203 cm³/mol. The highest BCUT2D eigenvalue weighted by molar-refractivity contribution is 6.34. The number of amides is 1. The smallest absolute Gasteiger partial charge is 0.354 e. The first-order chi connectivity index (χ1) is 23.9. The lowest BCUT2D eigenvalue weighted by atomic mass is 9.91. The molecule has 9 nitrogen and oxygen atoms in total. The first-order valence-electron chi connectivity index (χ1n) is 16.4. The molecule has 5 rings (SSSR count). The lowest BCUT2D eigenvalue weighted by molar-refractivity contribution is -0.109. The number of halogens is 2. The number of anilines is 1.